The molecule has 0 saturated heterocycles. The van der Waals surface area contributed by atoms with Crippen LogP contribution >= 0.6 is 0 Å². The molecule has 0 spiro atoms. The smallest absolute Gasteiger partial charge is 0.412 e. The van der Waals surface area contributed by atoms with Gasteiger partial charge in [-0.2, -0.15) is 0 Å². The highest BCUT2D eigenvalue weighted by Crippen LogP contribution is 2.21. The number of Topliss-reactive ketones (excluding diaryl/α,β-unsaturated/α-hetero) is 1. The Bertz CT molecular complexity index is 944. The lowest BCUT2D eigenvalue weighted by Gasteiger charge is -2.17. The van der Waals surface area contributed by atoms with Crippen LogP contribution in [0.15, 0.2) is 59.9 Å². The Kier molecular flexibility index (Phi) is 7.14. The topological polar surface area (TPSA) is 108 Å². The molecule has 0 saturated carbocycles. The van der Waals surface area contributed by atoms with Crippen LogP contribution in [0.1, 0.15) is 48.4 Å². The van der Waals surface area contributed by atoms with Crippen LogP contribution < -0.4 is 15.8 Å². The Hall–Kier alpha value is -3.61. The average Bonchev–Trinajstić information content (AvgIpc) is 2.65. The summed E-state index contributed by atoms with van der Waals surface area (Å²) in [6, 6.07) is 13.5. The van der Waals surface area contributed by atoms with Crippen molar-refractivity contribution in [2.45, 2.75) is 33.8 Å². The van der Waals surface area contributed by atoms with Gasteiger partial charge in [-0.05, 0) is 56.2 Å². The number of nitrogens with one attached hydrogen (secondary N) is 1. The molecule has 29 heavy (non-hydrogen) atoms. The lowest BCUT2D eigenvalue weighted by Crippen LogP contribution is -2.31. The number of aryl methyl sites for hydroxylation is 1. The van der Waals surface area contributed by atoms with Gasteiger partial charge in [-0.15, -0.1) is 0 Å². The minimum Gasteiger partial charge on any atom is -0.441 e. The first-order valence-corrected chi connectivity index (χ1v) is 9.01. The van der Waals surface area contributed by atoms with Crippen molar-refractivity contribution >= 4 is 17.8 Å². The van der Waals surface area contributed by atoms with Crippen molar-refractivity contribution in [3.8, 4) is 5.75 Å². The Balaban J connectivity index is 2.10. The highest BCUT2D eigenvalue weighted by molar-refractivity contribution is 6.10. The van der Waals surface area contributed by atoms with Gasteiger partial charge >= 0.3 is 12.1 Å². The number of amides is 1. The summed E-state index contributed by atoms with van der Waals surface area (Å²) in [5.41, 5.74) is 7.99. The second kappa shape index (κ2) is 9.54. The number of ether oxygens (including phenoxy) is 2. The summed E-state index contributed by atoms with van der Waals surface area (Å²) in [5.74, 6) is -0.641. The normalized spacial score (nSPS) is 12.4. The Morgan fingerprint density at radius 1 is 1.00 bits per heavy atom. The molecule has 7 nitrogen and oxygen atoms in total. The summed E-state index contributed by atoms with van der Waals surface area (Å²) < 4.78 is 10.3. The summed E-state index contributed by atoms with van der Waals surface area (Å²) in [7, 11) is 0. The van der Waals surface area contributed by atoms with E-state index in [2.05, 4.69) is 5.32 Å². The minimum atomic E-state index is -0.787. The second-order valence-corrected chi connectivity index (χ2v) is 6.53. The number of hydrogen-bond acceptors (Lipinski definition) is 6. The highest BCUT2D eigenvalue weighted by Gasteiger charge is 2.20. The molecule has 0 aliphatic carbocycles. The molecule has 152 valence electrons. The third-order valence-corrected chi connectivity index (χ3v) is 4.14. The summed E-state index contributed by atoms with van der Waals surface area (Å²) in [4.78, 5) is 36.1. The van der Waals surface area contributed by atoms with Gasteiger partial charge in [0.25, 0.3) is 0 Å². The fourth-order valence-electron chi connectivity index (χ4n) is 2.72. The molecule has 1 atom stereocenters. The number of allylic oxidation sites excluding steroid dienone is 2. The van der Waals surface area contributed by atoms with E-state index in [0.29, 0.717) is 5.75 Å². The third kappa shape index (κ3) is 5.93. The van der Waals surface area contributed by atoms with Crippen LogP contribution in [-0.4, -0.2) is 17.8 Å². The number of benzene rings is 2. The van der Waals surface area contributed by atoms with Crippen molar-refractivity contribution in [1.82, 2.24) is 5.32 Å². The molecule has 3 N–H and O–H groups in total. The molecule has 7 heteroatoms. The van der Waals surface area contributed by atoms with Crippen LogP contribution in [-0.2, 0) is 9.53 Å². The first kappa shape index (κ1) is 21.7. The van der Waals surface area contributed by atoms with Gasteiger partial charge in [-0.1, -0.05) is 24.3 Å². The van der Waals surface area contributed by atoms with E-state index in [4.69, 9.17) is 15.2 Å². The molecule has 0 aromatic heterocycles. The van der Waals surface area contributed by atoms with Crippen molar-refractivity contribution in [2.24, 2.45) is 5.73 Å². The first-order valence-electron chi connectivity index (χ1n) is 9.01. The maximum Gasteiger partial charge on any atom is 0.412 e. The fraction of sp³-hybridized carbons (Fsp3) is 0.227. The van der Waals surface area contributed by atoms with E-state index in [9.17, 15) is 14.4 Å². The Labute approximate surface area is 169 Å². The molecule has 2 rings (SSSR count). The molecule has 2 aromatic carbocycles. The molecule has 0 fully saturated rings. The Morgan fingerprint density at radius 2 is 1.62 bits per heavy atom. The van der Waals surface area contributed by atoms with Crippen LogP contribution in [0.25, 0.3) is 0 Å². The monoisotopic (exact) mass is 396 g/mol. The maximum absolute atomic E-state index is 12.7. The number of rotatable bonds is 6. The molecular weight excluding hydrogens is 372 g/mol. The molecule has 2 aromatic rings. The van der Waals surface area contributed by atoms with Gasteiger partial charge in [0.2, 0.25) is 5.78 Å². The molecule has 0 radical (unpaired) electrons. The second-order valence-electron chi connectivity index (χ2n) is 6.53. The van der Waals surface area contributed by atoms with Gasteiger partial charge in [0, 0.05) is 18.2 Å². The number of alkyl carbamates (subject to hydrolysis) is 1. The van der Waals surface area contributed by atoms with E-state index >= 15 is 0 Å². The number of carbonyl (C=O) groups excluding carboxylic acids is 3. The molecule has 0 aliphatic rings. The highest BCUT2D eigenvalue weighted by atomic mass is 16.6. The van der Waals surface area contributed by atoms with E-state index in [0.717, 1.165) is 11.1 Å². The minimum absolute atomic E-state index is 0.0766. The third-order valence-electron chi connectivity index (χ3n) is 4.14. The van der Waals surface area contributed by atoms with Crippen molar-refractivity contribution in [1.29, 1.82) is 0 Å². The summed E-state index contributed by atoms with van der Waals surface area (Å²) in [5, 5.41) is 2.44. The molecule has 0 aliphatic heterocycles. The standard InChI is InChI=1S/C22H24N2O5/c1-13-7-5-6-8-19(13)15(3)28-22(27)24-20(14(2)23)21(26)17-9-11-18(12-10-17)29-16(4)25/h5-12,15H,23H2,1-4H3,(H,24,27). The van der Waals surface area contributed by atoms with E-state index in [1.54, 1.807) is 6.92 Å². The summed E-state index contributed by atoms with van der Waals surface area (Å²) in [6.07, 6.45) is -1.29. The number of esters is 1. The predicted molar refractivity (Wildman–Crippen MR) is 108 cm³/mol. The van der Waals surface area contributed by atoms with Gasteiger partial charge in [0.05, 0.1) is 0 Å². The van der Waals surface area contributed by atoms with E-state index in [1.807, 2.05) is 31.2 Å². The van der Waals surface area contributed by atoms with Gasteiger partial charge in [-0.25, -0.2) is 4.79 Å². The molecule has 1 amide bonds. The van der Waals surface area contributed by atoms with Crippen LogP contribution in [0, 0.1) is 6.92 Å². The zero-order valence-electron chi connectivity index (χ0n) is 16.8. The van der Waals surface area contributed by atoms with E-state index in [1.165, 1.54) is 38.1 Å². The molecular formula is C22H24N2O5. The quantitative estimate of drug-likeness (QED) is 0.333. The van der Waals surface area contributed by atoms with Crippen molar-refractivity contribution < 1.29 is 23.9 Å². The van der Waals surface area contributed by atoms with E-state index < -0.39 is 23.9 Å². The van der Waals surface area contributed by atoms with Crippen molar-refractivity contribution in [3.05, 3.63) is 76.6 Å². The number of nitrogens with two attached hydrogens (primary N) is 1. The fourth-order valence-corrected chi connectivity index (χ4v) is 2.72. The van der Waals surface area contributed by atoms with Crippen LogP contribution in [0.2, 0.25) is 0 Å². The van der Waals surface area contributed by atoms with Crippen LogP contribution in [0.4, 0.5) is 4.79 Å². The van der Waals surface area contributed by atoms with Gasteiger partial charge in [0.15, 0.2) is 0 Å². The number of ketones is 1. The number of hydrogen-bond donors (Lipinski definition) is 2. The lowest BCUT2D eigenvalue weighted by atomic mass is 10.0. The SMILES string of the molecule is CC(=O)Oc1ccc(C(=O)C(NC(=O)OC(C)c2ccccc2C)=C(C)N)cc1. The van der Waals surface area contributed by atoms with E-state index in [-0.39, 0.29) is 17.0 Å². The zero-order valence-corrected chi connectivity index (χ0v) is 16.8. The Morgan fingerprint density at radius 3 is 2.17 bits per heavy atom. The average molecular weight is 396 g/mol. The zero-order chi connectivity index (χ0) is 21.6. The lowest BCUT2D eigenvalue weighted by molar-refractivity contribution is -0.131. The molecule has 0 bridgehead atoms. The molecule has 1 unspecified atom stereocenters. The molecule has 0 heterocycles. The van der Waals surface area contributed by atoms with Crippen molar-refractivity contribution in [2.75, 3.05) is 0 Å². The van der Waals surface area contributed by atoms with Gasteiger partial charge < -0.3 is 15.2 Å². The summed E-state index contributed by atoms with van der Waals surface area (Å²) >= 11 is 0. The number of carbonyl (C=O) groups is 3. The maximum atomic E-state index is 12.7. The van der Waals surface area contributed by atoms with Crippen LogP contribution in [0.3, 0.4) is 0 Å². The summed E-state index contributed by atoms with van der Waals surface area (Å²) in [6.45, 7) is 6.46. The van der Waals surface area contributed by atoms with Crippen LogP contribution in [0.5, 0.6) is 5.75 Å². The van der Waals surface area contributed by atoms with Gasteiger partial charge in [-0.3, -0.25) is 14.9 Å². The van der Waals surface area contributed by atoms with Gasteiger partial charge in [0.1, 0.15) is 17.6 Å². The largest absolute Gasteiger partial charge is 0.441 e. The predicted octanol–water partition coefficient (Wildman–Crippen LogP) is 3.78. The first-order chi connectivity index (χ1) is 13.7. The van der Waals surface area contributed by atoms with Crippen molar-refractivity contribution in [3.63, 3.8) is 0 Å².